The van der Waals surface area contributed by atoms with Gasteiger partial charge in [0.05, 0.1) is 0 Å². The number of benzene rings is 1. The zero-order valence-corrected chi connectivity index (χ0v) is 8.03. The van der Waals surface area contributed by atoms with Crippen LogP contribution in [0.1, 0.15) is 0 Å². The van der Waals surface area contributed by atoms with E-state index in [1.54, 1.807) is 0 Å². The van der Waals surface area contributed by atoms with Crippen LogP contribution in [0.4, 0.5) is 0 Å². The van der Waals surface area contributed by atoms with Crippen molar-refractivity contribution in [3.63, 3.8) is 0 Å². The first-order valence-corrected chi connectivity index (χ1v) is 4.54. The molecule has 0 aliphatic rings. The van der Waals surface area contributed by atoms with Crippen LogP contribution in [0.15, 0.2) is 35.2 Å². The van der Waals surface area contributed by atoms with E-state index in [1.807, 2.05) is 30.3 Å². The molecule has 0 aliphatic carbocycles. The van der Waals surface area contributed by atoms with E-state index in [0.717, 1.165) is 4.90 Å². The molecule has 1 rings (SSSR count). The van der Waals surface area contributed by atoms with Crippen molar-refractivity contribution in [2.45, 2.75) is 4.90 Å². The molecule has 0 fully saturated rings. The predicted molar refractivity (Wildman–Crippen MR) is 57.9 cm³/mol. The summed E-state index contributed by atoms with van der Waals surface area (Å²) in [5, 5.41) is 0. The monoisotopic (exact) mass is 250 g/mol. The second-order valence-corrected chi connectivity index (χ2v) is 2.70. The van der Waals surface area contributed by atoms with Crippen molar-refractivity contribution in [1.29, 1.82) is 0 Å². The Bertz CT molecular complexity index is 217. The Morgan fingerprint density at radius 1 is 1.15 bits per heavy atom. The van der Waals surface area contributed by atoms with E-state index in [-0.39, 0.29) is 56.9 Å². The molecule has 0 aromatic heterocycles. The zero-order valence-electron chi connectivity index (χ0n) is 6.14. The zero-order chi connectivity index (χ0) is 8.69. The van der Waals surface area contributed by atoms with E-state index in [9.17, 15) is 0 Å². The molecular weight excluding hydrogens is 238 g/mol. The van der Waals surface area contributed by atoms with E-state index in [2.05, 4.69) is 12.6 Å². The molecule has 1 aromatic carbocycles. The van der Waals surface area contributed by atoms with Crippen LogP contribution in [0, 0.1) is 0 Å². The van der Waals surface area contributed by atoms with Gasteiger partial charge in [-0.1, -0.05) is 18.2 Å². The van der Waals surface area contributed by atoms with E-state index in [1.165, 1.54) is 0 Å². The molecule has 4 nitrogen and oxygen atoms in total. The summed E-state index contributed by atoms with van der Waals surface area (Å²) in [6, 6.07) is 9.79. The summed E-state index contributed by atoms with van der Waals surface area (Å²) in [6.45, 7) is 0. The third kappa shape index (κ3) is 19.6. The molecule has 13 heavy (non-hydrogen) atoms. The summed E-state index contributed by atoms with van der Waals surface area (Å²) < 4.78 is 8.74. The molecule has 1 aromatic rings. The first-order chi connectivity index (χ1) is 5.13. The molecule has 0 heterocycles. The molecule has 0 aliphatic heterocycles. The van der Waals surface area contributed by atoms with Gasteiger partial charge in [0.2, 0.25) is 0 Å². The van der Waals surface area contributed by atoms with Crippen LogP contribution in [0.25, 0.3) is 0 Å². The van der Waals surface area contributed by atoms with Gasteiger partial charge in [0.15, 0.2) is 0 Å². The molecule has 0 atom stereocenters. The standard InChI is InChI=1S/C6H6S.K.H3O3P.H2O.H/c7-6-4-2-1-3-5-6;;1-4(2)3;;/h1-5,7H;;4H,(H2,1,2,3);1H2;. The summed E-state index contributed by atoms with van der Waals surface area (Å²) in [6.07, 6.45) is 0. The molecule has 0 unspecified atom stereocenters. The number of hydrogen-bond donors (Lipinski definition) is 3. The molecular formula is C6H12KO4PS. The summed E-state index contributed by atoms with van der Waals surface area (Å²) in [5.74, 6) is 0. The number of thiol groups is 1. The average Bonchev–Trinajstić information content (AvgIpc) is 1.87. The van der Waals surface area contributed by atoms with Crippen molar-refractivity contribution in [3.8, 4) is 0 Å². The number of hydrogen-bond acceptors (Lipinski definition) is 2. The molecule has 4 N–H and O–H groups in total. The van der Waals surface area contributed by atoms with E-state index in [4.69, 9.17) is 14.4 Å². The van der Waals surface area contributed by atoms with Crippen molar-refractivity contribution in [3.05, 3.63) is 30.3 Å². The van der Waals surface area contributed by atoms with Crippen molar-refractivity contribution in [1.82, 2.24) is 0 Å². The molecule has 0 bridgehead atoms. The second kappa shape index (κ2) is 13.3. The van der Waals surface area contributed by atoms with Crippen molar-refractivity contribution < 1.29 is 19.8 Å². The van der Waals surface area contributed by atoms with Crippen LogP contribution < -0.4 is 0 Å². The van der Waals surface area contributed by atoms with Crippen LogP contribution >= 0.6 is 20.9 Å². The molecule has 72 valence electrons. The van der Waals surface area contributed by atoms with Crippen LogP contribution in [-0.4, -0.2) is 66.6 Å². The molecule has 0 radical (unpaired) electrons. The van der Waals surface area contributed by atoms with E-state index < -0.39 is 8.25 Å². The SMILES string of the molecule is O.O=[PH](O)O.Sc1ccccc1.[KH]. The molecule has 7 heteroatoms. The third-order valence-corrected chi connectivity index (χ3v) is 1.05. The van der Waals surface area contributed by atoms with Crippen LogP contribution in [-0.2, 0) is 4.57 Å². The van der Waals surface area contributed by atoms with Crippen LogP contribution in [0.2, 0.25) is 0 Å². The Balaban J connectivity index is -0.000000150. The van der Waals surface area contributed by atoms with Gasteiger partial charge in [-0.2, -0.15) is 0 Å². The fourth-order valence-electron chi connectivity index (χ4n) is 0.428. The Morgan fingerprint density at radius 2 is 1.46 bits per heavy atom. The van der Waals surface area contributed by atoms with Crippen molar-refractivity contribution >= 4 is 72.3 Å². The number of rotatable bonds is 0. The van der Waals surface area contributed by atoms with Gasteiger partial charge in [-0.05, 0) is 12.1 Å². The van der Waals surface area contributed by atoms with Gasteiger partial charge in [-0.25, -0.2) is 0 Å². The van der Waals surface area contributed by atoms with Gasteiger partial charge in [-0.3, -0.25) is 4.57 Å². The maximum atomic E-state index is 8.74. The Hall–Kier alpha value is 1.32. The summed E-state index contributed by atoms with van der Waals surface area (Å²) in [4.78, 5) is 15.3. The predicted octanol–water partition coefficient (Wildman–Crippen LogP) is -0.137. The van der Waals surface area contributed by atoms with Gasteiger partial charge >= 0.3 is 59.6 Å². The molecule has 0 amide bonds. The fourth-order valence-corrected chi connectivity index (χ4v) is 0.600. The molecule has 0 saturated carbocycles. The van der Waals surface area contributed by atoms with Gasteiger partial charge in [0, 0.05) is 4.90 Å². The van der Waals surface area contributed by atoms with Gasteiger partial charge in [0.25, 0.3) is 0 Å². The Morgan fingerprint density at radius 3 is 1.62 bits per heavy atom. The second-order valence-electron chi connectivity index (χ2n) is 1.62. The summed E-state index contributed by atoms with van der Waals surface area (Å²) >= 11 is 4.08. The molecule has 0 saturated heterocycles. The molecule has 0 spiro atoms. The minimum atomic E-state index is -3.13. The van der Waals surface area contributed by atoms with Crippen LogP contribution in [0.3, 0.4) is 0 Å². The summed E-state index contributed by atoms with van der Waals surface area (Å²) in [5.41, 5.74) is 0. The van der Waals surface area contributed by atoms with Crippen molar-refractivity contribution in [2.24, 2.45) is 0 Å². The first-order valence-electron chi connectivity index (χ1n) is 2.79. The van der Waals surface area contributed by atoms with E-state index in [0.29, 0.717) is 0 Å². The Labute approximate surface area is 125 Å². The van der Waals surface area contributed by atoms with Gasteiger partial charge < -0.3 is 15.3 Å². The maximum absolute atomic E-state index is 8.74. The summed E-state index contributed by atoms with van der Waals surface area (Å²) in [7, 11) is -3.13. The quantitative estimate of drug-likeness (QED) is 0.340. The average molecular weight is 250 g/mol. The third-order valence-electron chi connectivity index (χ3n) is 0.756. The fraction of sp³-hybridized carbons (Fsp3) is 0. The normalized spacial score (nSPS) is 7.38. The first kappa shape index (κ1) is 19.8. The Kier molecular flexibility index (Phi) is 20.3. The van der Waals surface area contributed by atoms with Gasteiger partial charge in [-0.15, -0.1) is 12.6 Å². The minimum absolute atomic E-state index is 0. The van der Waals surface area contributed by atoms with Crippen LogP contribution in [0.5, 0.6) is 0 Å². The van der Waals surface area contributed by atoms with E-state index >= 15 is 0 Å². The van der Waals surface area contributed by atoms with Gasteiger partial charge in [0.1, 0.15) is 0 Å². The topological polar surface area (TPSA) is 89.0 Å². The van der Waals surface area contributed by atoms with Crippen molar-refractivity contribution in [2.75, 3.05) is 0 Å².